The molecule has 10 unspecified atom stereocenters. The molecule has 6 saturated carbocycles. The van der Waals surface area contributed by atoms with Crippen LogP contribution < -0.4 is 0 Å². The molecule has 0 amide bonds. The summed E-state index contributed by atoms with van der Waals surface area (Å²) in [5, 5.41) is 0. The van der Waals surface area contributed by atoms with Gasteiger partial charge in [0.05, 0.1) is 11.2 Å². The maximum atomic E-state index is 5.78. The van der Waals surface area contributed by atoms with Crippen molar-refractivity contribution in [2.24, 2.45) is 65.1 Å². The molecule has 0 bridgehead atoms. The van der Waals surface area contributed by atoms with Crippen LogP contribution in [0.4, 0.5) is 0 Å². The first kappa shape index (κ1) is 77.3. The van der Waals surface area contributed by atoms with Crippen molar-refractivity contribution >= 4 is 34.1 Å². The van der Waals surface area contributed by atoms with E-state index in [9.17, 15) is 0 Å². The third-order valence-electron chi connectivity index (χ3n) is 16.8. The zero-order chi connectivity index (χ0) is 47.8. The van der Waals surface area contributed by atoms with E-state index in [2.05, 4.69) is 76.2 Å². The van der Waals surface area contributed by atoms with Gasteiger partial charge in [-0.05, 0) is 164 Å². The monoisotopic (exact) mass is 1190 g/mol. The van der Waals surface area contributed by atoms with Gasteiger partial charge in [0.25, 0.3) is 0 Å². The number of rotatable bonds is 17. The normalized spacial score (nSPS) is 27.9. The topological polar surface area (TPSA) is 18.5 Å². The molecule has 6 aliphatic carbocycles. The molecule has 0 saturated heterocycles. The molecule has 0 aromatic rings. The van der Waals surface area contributed by atoms with Crippen LogP contribution in [0.15, 0.2) is 0 Å². The van der Waals surface area contributed by atoms with Crippen LogP contribution in [-0.4, -0.2) is 24.4 Å². The molecular weight excluding hydrogens is 1080 g/mol. The van der Waals surface area contributed by atoms with Crippen molar-refractivity contribution in [3.63, 3.8) is 0 Å². The molecule has 0 aliphatic heterocycles. The summed E-state index contributed by atoms with van der Waals surface area (Å²) in [4.78, 5) is 0. The van der Waals surface area contributed by atoms with Crippen LogP contribution >= 0.6 is 34.1 Å². The number of ether oxygens (including phenoxy) is 2. The molecule has 10 atom stereocenters. The van der Waals surface area contributed by atoms with Gasteiger partial charge in [-0.2, -0.15) is 0 Å². The Labute approximate surface area is 468 Å². The summed E-state index contributed by atoms with van der Waals surface area (Å²) < 4.78 is 11.6. The van der Waals surface area contributed by atoms with Gasteiger partial charge in [-0.1, -0.05) is 169 Å². The predicted molar refractivity (Wildman–Crippen MR) is 306 cm³/mol. The summed E-state index contributed by atoms with van der Waals surface area (Å²) in [6, 6.07) is 0. The van der Waals surface area contributed by atoms with Crippen LogP contribution in [0.1, 0.15) is 269 Å². The van der Waals surface area contributed by atoms with Crippen LogP contribution in [0.5, 0.6) is 0 Å². The molecule has 0 radical (unpaired) electrons. The van der Waals surface area contributed by atoms with E-state index in [1.807, 2.05) is 0 Å². The zero-order valence-electron chi connectivity index (χ0n) is 48.3. The predicted octanol–water partition coefficient (Wildman–Crippen LogP) is 22.8. The van der Waals surface area contributed by atoms with E-state index in [4.69, 9.17) is 43.5 Å². The van der Waals surface area contributed by atoms with Gasteiger partial charge in [-0.25, -0.2) is 0 Å². The number of fused-ring (bicyclic) bond motifs is 2. The molecule has 6 fully saturated rings. The Hall–Kier alpha value is 2.85. The van der Waals surface area contributed by atoms with Crippen LogP contribution in [0, 0.1) is 94.8 Å². The number of unbranched alkanes of at least 4 members (excludes halogenated alkanes) is 7. The molecule has 0 aromatic carbocycles. The Bertz CT molecular complexity index is 980. The second kappa shape index (κ2) is 47.1. The second-order valence-corrected chi connectivity index (χ2v) is 31.2. The number of hydrogen-bond donors (Lipinski definition) is 0. The third-order valence-corrected chi connectivity index (χ3v) is 16.8. The molecule has 6 aliphatic rings. The zero-order valence-corrected chi connectivity index (χ0v) is 56.2. The Morgan fingerprint density at radius 1 is 0.426 bits per heavy atom. The fourth-order valence-corrected chi connectivity index (χ4v) is 12.8. The molecular formula is C60H120Cl4O2Zr2. The van der Waals surface area contributed by atoms with E-state index >= 15 is 0 Å². The Kier molecular flexibility index (Phi) is 53.6. The Morgan fingerprint density at radius 2 is 0.765 bits per heavy atom. The summed E-state index contributed by atoms with van der Waals surface area (Å²) in [5.41, 5.74) is 0.0830. The van der Waals surface area contributed by atoms with Crippen LogP contribution in [0.2, 0.25) is 0 Å². The van der Waals surface area contributed by atoms with Crippen LogP contribution in [-0.2, 0) is 51.2 Å². The van der Waals surface area contributed by atoms with Gasteiger partial charge < -0.3 is 39.2 Å². The molecule has 0 N–H and O–H groups in total. The van der Waals surface area contributed by atoms with Crippen molar-refractivity contribution in [2.45, 2.75) is 280 Å². The fourth-order valence-electron chi connectivity index (χ4n) is 12.8. The van der Waals surface area contributed by atoms with E-state index in [-0.39, 0.29) is 40.9 Å². The Morgan fingerprint density at radius 3 is 1.09 bits per heavy atom. The van der Waals surface area contributed by atoms with Gasteiger partial charge in [0.15, 0.2) is 0 Å². The third kappa shape index (κ3) is 37.6. The van der Waals surface area contributed by atoms with Crippen molar-refractivity contribution in [2.75, 3.05) is 13.2 Å². The summed E-state index contributed by atoms with van der Waals surface area (Å²) in [6.45, 7) is 26.6. The summed E-state index contributed by atoms with van der Waals surface area (Å²) in [6.07, 6.45) is 44.3. The van der Waals surface area contributed by atoms with Crippen LogP contribution in [0.3, 0.4) is 0 Å². The van der Waals surface area contributed by atoms with E-state index in [0.717, 1.165) is 78.3 Å². The average molecular weight is 1200 g/mol. The molecule has 408 valence electrons. The van der Waals surface area contributed by atoms with E-state index < -0.39 is 41.7 Å². The van der Waals surface area contributed by atoms with Crippen molar-refractivity contribution in [1.29, 1.82) is 0 Å². The molecule has 0 aromatic heterocycles. The SMILES string of the molecule is CC(C)(C)OCCCCCCC1CCC2CCCCC12.CC(C)(C)OCCCCCCC1CCC2CCCCC12.CC1CC(C)C(C)C1C.CCCCC1CCCC1.[CH3-].[CH3-].[CH3-].[CH3-].[Cl][Zr+2][Cl].[Cl][Zr+2][Cl]. The van der Waals surface area contributed by atoms with Gasteiger partial charge >= 0.3 is 75.7 Å². The Balaban J connectivity index is -0.000000397. The summed E-state index contributed by atoms with van der Waals surface area (Å²) in [7, 11) is 19.7. The average Bonchev–Trinajstić information content (AvgIpc) is 4.06. The van der Waals surface area contributed by atoms with Gasteiger partial charge in [0.1, 0.15) is 0 Å². The van der Waals surface area contributed by atoms with E-state index in [1.54, 1.807) is 51.4 Å². The molecule has 68 heavy (non-hydrogen) atoms. The van der Waals surface area contributed by atoms with Gasteiger partial charge in [-0.3, -0.25) is 0 Å². The first-order valence-corrected chi connectivity index (χ1v) is 40.4. The summed E-state index contributed by atoms with van der Waals surface area (Å²) >= 11 is -1.65. The first-order chi connectivity index (χ1) is 30.5. The van der Waals surface area contributed by atoms with E-state index in [0.29, 0.717) is 0 Å². The minimum absolute atomic E-state index is 0. The van der Waals surface area contributed by atoms with Gasteiger partial charge in [0, 0.05) is 13.2 Å². The molecule has 2 nitrogen and oxygen atoms in total. The van der Waals surface area contributed by atoms with Gasteiger partial charge in [-0.15, -0.1) is 0 Å². The minimum atomic E-state index is -0.826. The van der Waals surface area contributed by atoms with Crippen LogP contribution in [0.25, 0.3) is 0 Å². The summed E-state index contributed by atoms with van der Waals surface area (Å²) in [5.74, 6) is 11.6. The second-order valence-electron chi connectivity index (χ2n) is 23.8. The maximum absolute atomic E-state index is 5.78. The standard InChI is InChI=1S/2C19H36O.2C9H18.4CH3.4ClH.2Zr/c2*1-19(2,3)20-15-9-5-4-6-10-16-13-14-17-11-7-8-12-18(16)17;1-6-5-7(2)9(4)8(6)3;1-2-3-6-9-7-4-5-8-9;;;;;;;;;;/h2*16-18H,4-15H2,1-3H3;6-9H,5H2,1-4H3;9H,2-8H2,1H3;4*1H3;4*1H;;/q;;;;4*-1;;;;;2*+4/p-4. The molecule has 6 rings (SSSR count). The molecule has 0 spiro atoms. The van der Waals surface area contributed by atoms with Crippen molar-refractivity contribution in [3.8, 4) is 0 Å². The van der Waals surface area contributed by atoms with Gasteiger partial charge in [0.2, 0.25) is 0 Å². The quantitative estimate of drug-likeness (QED) is 0.107. The fraction of sp³-hybridized carbons (Fsp3) is 0.933. The number of hydrogen-bond acceptors (Lipinski definition) is 2. The molecule has 8 heteroatoms. The molecule has 0 heterocycles. The van der Waals surface area contributed by atoms with Crippen molar-refractivity contribution in [3.05, 3.63) is 29.7 Å². The van der Waals surface area contributed by atoms with E-state index in [1.165, 1.54) is 141 Å². The van der Waals surface area contributed by atoms with Crippen molar-refractivity contribution < 1.29 is 51.2 Å². The first-order valence-electron chi connectivity index (χ1n) is 27.7. The van der Waals surface area contributed by atoms with Crippen molar-refractivity contribution in [1.82, 2.24) is 0 Å². The number of halogens is 4.